The Balaban J connectivity index is 1.69. The summed E-state index contributed by atoms with van der Waals surface area (Å²) in [4.78, 5) is 12.2. The highest BCUT2D eigenvalue weighted by molar-refractivity contribution is 7.99. The number of carbonyl (C=O) groups excluding carboxylic acids is 1. The first-order valence-corrected chi connectivity index (χ1v) is 10.1. The van der Waals surface area contributed by atoms with Gasteiger partial charge >= 0.3 is 0 Å². The molecule has 0 spiro atoms. The number of ether oxygens (including phenoxy) is 2. The van der Waals surface area contributed by atoms with Crippen LogP contribution in [0.1, 0.15) is 25.0 Å². The minimum Gasteiger partial charge on any atom is -0.494 e. The van der Waals surface area contributed by atoms with Gasteiger partial charge in [-0.05, 0) is 55.7 Å². The van der Waals surface area contributed by atoms with Crippen LogP contribution in [0.15, 0.2) is 42.5 Å². The molecule has 0 bridgehead atoms. The molecule has 4 nitrogen and oxygen atoms in total. The van der Waals surface area contributed by atoms with E-state index in [0.29, 0.717) is 19.0 Å². The first kappa shape index (κ1) is 20.2. The molecule has 5 heteroatoms. The standard InChI is InChI=1S/C21H27NO3S/c1-4-17-8-6-7-16(3)21(17)22-20(23)15-26-14-13-25-19-11-9-18(10-12-19)24-5-2/h6-12H,4-5,13-15H2,1-3H3,(H,22,23). The number of benzene rings is 2. The van der Waals surface area contributed by atoms with E-state index in [0.717, 1.165) is 34.9 Å². The van der Waals surface area contributed by atoms with E-state index in [1.807, 2.05) is 50.2 Å². The number of nitrogens with one attached hydrogen (secondary N) is 1. The monoisotopic (exact) mass is 373 g/mol. The maximum Gasteiger partial charge on any atom is 0.234 e. The Morgan fingerprint density at radius 2 is 1.73 bits per heavy atom. The summed E-state index contributed by atoms with van der Waals surface area (Å²) in [7, 11) is 0. The highest BCUT2D eigenvalue weighted by atomic mass is 32.2. The van der Waals surface area contributed by atoms with Gasteiger partial charge in [0.2, 0.25) is 5.91 Å². The molecule has 0 atom stereocenters. The van der Waals surface area contributed by atoms with Crippen LogP contribution in [-0.4, -0.2) is 30.6 Å². The van der Waals surface area contributed by atoms with Crippen molar-refractivity contribution in [2.75, 3.05) is 30.0 Å². The van der Waals surface area contributed by atoms with Gasteiger partial charge in [0.1, 0.15) is 11.5 Å². The van der Waals surface area contributed by atoms with Crippen molar-refractivity contribution in [2.45, 2.75) is 27.2 Å². The van der Waals surface area contributed by atoms with Crippen LogP contribution in [0, 0.1) is 6.92 Å². The smallest absolute Gasteiger partial charge is 0.234 e. The highest BCUT2D eigenvalue weighted by Crippen LogP contribution is 2.21. The summed E-state index contributed by atoms with van der Waals surface area (Å²) in [5.41, 5.74) is 3.22. The van der Waals surface area contributed by atoms with Crippen LogP contribution < -0.4 is 14.8 Å². The molecule has 0 saturated heterocycles. The number of aryl methyl sites for hydroxylation is 2. The van der Waals surface area contributed by atoms with Gasteiger partial charge in [0.25, 0.3) is 0 Å². The lowest BCUT2D eigenvalue weighted by Crippen LogP contribution is -2.17. The van der Waals surface area contributed by atoms with E-state index >= 15 is 0 Å². The minimum atomic E-state index is 0.0278. The molecule has 0 fully saturated rings. The Labute approximate surface area is 160 Å². The molecule has 0 aromatic heterocycles. The molecule has 0 heterocycles. The van der Waals surface area contributed by atoms with E-state index in [2.05, 4.69) is 18.3 Å². The van der Waals surface area contributed by atoms with Gasteiger partial charge in [0.05, 0.1) is 19.0 Å². The second-order valence-electron chi connectivity index (χ2n) is 5.82. The Kier molecular flexibility index (Phi) is 8.35. The van der Waals surface area contributed by atoms with Crippen molar-refractivity contribution in [3.8, 4) is 11.5 Å². The second-order valence-corrected chi connectivity index (χ2v) is 6.92. The second kappa shape index (κ2) is 10.8. The van der Waals surface area contributed by atoms with Gasteiger partial charge in [-0.2, -0.15) is 0 Å². The predicted octanol–water partition coefficient (Wildman–Crippen LogP) is 4.71. The molecular formula is C21H27NO3S. The van der Waals surface area contributed by atoms with Crippen molar-refractivity contribution >= 4 is 23.4 Å². The van der Waals surface area contributed by atoms with Crippen molar-refractivity contribution in [3.63, 3.8) is 0 Å². The van der Waals surface area contributed by atoms with Gasteiger partial charge in [-0.3, -0.25) is 4.79 Å². The topological polar surface area (TPSA) is 47.6 Å². The van der Waals surface area contributed by atoms with E-state index in [4.69, 9.17) is 9.47 Å². The van der Waals surface area contributed by atoms with Gasteiger partial charge in [-0.25, -0.2) is 0 Å². The summed E-state index contributed by atoms with van der Waals surface area (Å²) < 4.78 is 11.1. The number of amides is 1. The number of para-hydroxylation sites is 1. The predicted molar refractivity (Wildman–Crippen MR) is 110 cm³/mol. The fourth-order valence-electron chi connectivity index (χ4n) is 2.56. The molecule has 0 aliphatic carbocycles. The van der Waals surface area contributed by atoms with Gasteiger partial charge < -0.3 is 14.8 Å². The van der Waals surface area contributed by atoms with Crippen LogP contribution in [0.5, 0.6) is 11.5 Å². The molecule has 2 aromatic rings. The van der Waals surface area contributed by atoms with Gasteiger partial charge in [-0.1, -0.05) is 25.1 Å². The summed E-state index contributed by atoms with van der Waals surface area (Å²) in [6.45, 7) is 7.29. The average molecular weight is 374 g/mol. The van der Waals surface area contributed by atoms with Crippen LogP contribution >= 0.6 is 11.8 Å². The number of thioether (sulfide) groups is 1. The molecular weight excluding hydrogens is 346 g/mol. The number of rotatable bonds is 10. The third kappa shape index (κ3) is 6.30. The van der Waals surface area contributed by atoms with Gasteiger partial charge in [0, 0.05) is 11.4 Å². The van der Waals surface area contributed by atoms with Crippen LogP contribution in [-0.2, 0) is 11.2 Å². The molecule has 0 saturated carbocycles. The quantitative estimate of drug-likeness (QED) is 0.613. The summed E-state index contributed by atoms with van der Waals surface area (Å²) in [5, 5.41) is 3.04. The van der Waals surface area contributed by atoms with Crippen LogP contribution in [0.4, 0.5) is 5.69 Å². The molecule has 0 aliphatic rings. The van der Waals surface area contributed by atoms with Crippen LogP contribution in [0.3, 0.4) is 0 Å². The Hall–Kier alpha value is -2.14. The van der Waals surface area contributed by atoms with Crippen LogP contribution in [0.2, 0.25) is 0 Å². The zero-order chi connectivity index (χ0) is 18.8. The normalized spacial score (nSPS) is 10.4. The van der Waals surface area contributed by atoms with Crippen molar-refractivity contribution in [3.05, 3.63) is 53.6 Å². The summed E-state index contributed by atoms with van der Waals surface area (Å²) in [6, 6.07) is 13.7. The Bertz CT molecular complexity index is 701. The number of hydrogen-bond donors (Lipinski definition) is 1. The zero-order valence-corrected chi connectivity index (χ0v) is 16.5. The molecule has 0 aliphatic heterocycles. The van der Waals surface area contributed by atoms with Crippen molar-refractivity contribution in [1.82, 2.24) is 0 Å². The SMILES string of the molecule is CCOc1ccc(OCCSCC(=O)Nc2c(C)cccc2CC)cc1. The molecule has 0 unspecified atom stereocenters. The number of carbonyl (C=O) groups is 1. The molecule has 1 N–H and O–H groups in total. The largest absolute Gasteiger partial charge is 0.494 e. The lowest BCUT2D eigenvalue weighted by atomic mass is 10.1. The van der Waals surface area contributed by atoms with E-state index < -0.39 is 0 Å². The Morgan fingerprint density at radius 3 is 2.38 bits per heavy atom. The van der Waals surface area contributed by atoms with E-state index in [-0.39, 0.29) is 5.91 Å². The fourth-order valence-corrected chi connectivity index (χ4v) is 3.16. The third-order valence-electron chi connectivity index (χ3n) is 3.87. The third-order valence-corrected chi connectivity index (χ3v) is 4.79. The van der Waals surface area contributed by atoms with E-state index in [1.54, 1.807) is 11.8 Å². The minimum absolute atomic E-state index is 0.0278. The Morgan fingerprint density at radius 1 is 1.04 bits per heavy atom. The number of anilines is 1. The van der Waals surface area contributed by atoms with Crippen molar-refractivity contribution in [2.24, 2.45) is 0 Å². The van der Waals surface area contributed by atoms with E-state index in [1.165, 1.54) is 5.56 Å². The van der Waals surface area contributed by atoms with Crippen LogP contribution in [0.25, 0.3) is 0 Å². The molecule has 140 valence electrons. The average Bonchev–Trinajstić information content (AvgIpc) is 2.64. The van der Waals surface area contributed by atoms with Gasteiger partial charge in [-0.15, -0.1) is 11.8 Å². The fraction of sp³-hybridized carbons (Fsp3) is 0.381. The van der Waals surface area contributed by atoms with E-state index in [9.17, 15) is 4.79 Å². The lowest BCUT2D eigenvalue weighted by molar-refractivity contribution is -0.113. The molecule has 1 amide bonds. The maximum absolute atomic E-state index is 12.2. The first-order chi connectivity index (χ1) is 12.6. The first-order valence-electron chi connectivity index (χ1n) is 8.95. The highest BCUT2D eigenvalue weighted by Gasteiger charge is 2.08. The molecule has 26 heavy (non-hydrogen) atoms. The molecule has 0 radical (unpaired) electrons. The maximum atomic E-state index is 12.2. The number of hydrogen-bond acceptors (Lipinski definition) is 4. The lowest BCUT2D eigenvalue weighted by Gasteiger charge is -2.13. The van der Waals surface area contributed by atoms with Crippen molar-refractivity contribution in [1.29, 1.82) is 0 Å². The zero-order valence-electron chi connectivity index (χ0n) is 15.7. The summed E-state index contributed by atoms with van der Waals surface area (Å²) in [6.07, 6.45) is 0.903. The summed E-state index contributed by atoms with van der Waals surface area (Å²) in [5.74, 6) is 2.86. The summed E-state index contributed by atoms with van der Waals surface area (Å²) >= 11 is 1.57. The van der Waals surface area contributed by atoms with Gasteiger partial charge in [0.15, 0.2) is 0 Å². The van der Waals surface area contributed by atoms with Crippen molar-refractivity contribution < 1.29 is 14.3 Å². The molecule has 2 aromatic carbocycles. The molecule has 2 rings (SSSR count).